The van der Waals surface area contributed by atoms with Crippen molar-refractivity contribution >= 4 is 17.5 Å². The molecular formula is C17H25ClN2O3. The van der Waals surface area contributed by atoms with Crippen molar-refractivity contribution in [3.63, 3.8) is 0 Å². The number of nitrogens with one attached hydrogen (secondary N) is 1. The number of hydrogen-bond acceptors (Lipinski definition) is 4. The van der Waals surface area contributed by atoms with Crippen molar-refractivity contribution in [2.45, 2.75) is 31.5 Å². The van der Waals surface area contributed by atoms with Crippen LogP contribution in [0.4, 0.5) is 0 Å². The van der Waals surface area contributed by atoms with Crippen LogP contribution in [-0.4, -0.2) is 56.9 Å². The second-order valence-electron chi connectivity index (χ2n) is 5.82. The number of rotatable bonds is 8. The van der Waals surface area contributed by atoms with Crippen molar-refractivity contribution in [3.05, 3.63) is 34.9 Å². The number of amides is 1. The van der Waals surface area contributed by atoms with Crippen molar-refractivity contribution in [1.29, 1.82) is 0 Å². The lowest BCUT2D eigenvalue weighted by Crippen LogP contribution is -2.36. The summed E-state index contributed by atoms with van der Waals surface area (Å²) in [6, 6.07) is 7.86. The predicted octanol–water partition coefficient (Wildman–Crippen LogP) is 2.08. The average Bonchev–Trinajstić information content (AvgIpc) is 2.95. The van der Waals surface area contributed by atoms with Gasteiger partial charge in [-0.3, -0.25) is 9.69 Å². The summed E-state index contributed by atoms with van der Waals surface area (Å²) in [7, 11) is 3.43. The third kappa shape index (κ3) is 5.46. The van der Waals surface area contributed by atoms with Crippen LogP contribution in [-0.2, 0) is 20.8 Å². The molecule has 1 aromatic carbocycles. The van der Waals surface area contributed by atoms with Crippen molar-refractivity contribution in [3.8, 4) is 0 Å². The monoisotopic (exact) mass is 340 g/mol. The first kappa shape index (κ1) is 18.2. The van der Waals surface area contributed by atoms with Crippen molar-refractivity contribution in [2.75, 3.05) is 33.9 Å². The molecule has 23 heavy (non-hydrogen) atoms. The van der Waals surface area contributed by atoms with Gasteiger partial charge in [0.1, 0.15) is 0 Å². The molecule has 0 spiro atoms. The number of carbonyl (C=O) groups is 1. The van der Waals surface area contributed by atoms with E-state index in [9.17, 15) is 4.79 Å². The molecule has 1 saturated heterocycles. The van der Waals surface area contributed by atoms with Gasteiger partial charge in [-0.05, 0) is 18.1 Å². The van der Waals surface area contributed by atoms with Crippen LogP contribution >= 0.6 is 11.6 Å². The Balaban J connectivity index is 1.76. The molecule has 1 heterocycles. The Kier molecular flexibility index (Phi) is 7.30. The number of nitrogens with zero attached hydrogens (tertiary/aromatic N) is 1. The van der Waals surface area contributed by atoms with Crippen molar-refractivity contribution in [1.82, 2.24) is 10.2 Å². The quantitative estimate of drug-likeness (QED) is 0.787. The lowest BCUT2D eigenvalue weighted by atomic mass is 10.2. The Morgan fingerprint density at radius 3 is 2.87 bits per heavy atom. The van der Waals surface area contributed by atoms with Gasteiger partial charge in [0.2, 0.25) is 5.91 Å². The minimum Gasteiger partial charge on any atom is -0.383 e. The Morgan fingerprint density at radius 2 is 2.17 bits per heavy atom. The molecule has 0 unspecified atom stereocenters. The summed E-state index contributed by atoms with van der Waals surface area (Å²) in [5.74, 6) is 0.0296. The van der Waals surface area contributed by atoms with Gasteiger partial charge in [0, 0.05) is 51.3 Å². The molecule has 0 saturated carbocycles. The number of ether oxygens (including phenoxy) is 2. The number of halogens is 1. The average molecular weight is 341 g/mol. The molecule has 2 rings (SSSR count). The van der Waals surface area contributed by atoms with Gasteiger partial charge in [-0.25, -0.2) is 0 Å². The molecule has 0 aliphatic carbocycles. The first-order valence-electron chi connectivity index (χ1n) is 7.90. The van der Waals surface area contributed by atoms with Gasteiger partial charge in [-0.1, -0.05) is 29.8 Å². The second-order valence-corrected chi connectivity index (χ2v) is 6.22. The molecule has 0 aromatic heterocycles. The van der Waals surface area contributed by atoms with E-state index in [-0.39, 0.29) is 12.0 Å². The highest BCUT2D eigenvalue weighted by Crippen LogP contribution is 2.20. The summed E-state index contributed by atoms with van der Waals surface area (Å²) in [5.41, 5.74) is 0.931. The highest BCUT2D eigenvalue weighted by molar-refractivity contribution is 6.31. The maximum absolute atomic E-state index is 12.1. The summed E-state index contributed by atoms with van der Waals surface area (Å²) < 4.78 is 10.7. The maximum atomic E-state index is 12.1. The fraction of sp³-hybridized carbons (Fsp3) is 0.588. The van der Waals surface area contributed by atoms with Crippen LogP contribution in [0.1, 0.15) is 18.4 Å². The summed E-state index contributed by atoms with van der Waals surface area (Å²) >= 11 is 6.09. The van der Waals surface area contributed by atoms with Crippen LogP contribution in [0.3, 0.4) is 0 Å². The van der Waals surface area contributed by atoms with E-state index in [1.165, 1.54) is 0 Å². The lowest BCUT2D eigenvalue weighted by molar-refractivity contribution is -0.121. The number of carbonyl (C=O) groups excluding carboxylic acids is 1. The zero-order chi connectivity index (χ0) is 16.7. The zero-order valence-electron chi connectivity index (χ0n) is 13.8. The van der Waals surface area contributed by atoms with E-state index in [4.69, 9.17) is 21.1 Å². The van der Waals surface area contributed by atoms with Crippen LogP contribution in [0.15, 0.2) is 24.3 Å². The maximum Gasteiger partial charge on any atom is 0.221 e. The number of methoxy groups -OCH3 is 2. The molecular weight excluding hydrogens is 316 g/mol. The molecule has 128 valence electrons. The molecule has 2 atom stereocenters. The fourth-order valence-corrected chi connectivity index (χ4v) is 3.12. The first-order chi connectivity index (χ1) is 11.1. The molecule has 1 N–H and O–H groups in total. The Hall–Kier alpha value is -1.14. The van der Waals surface area contributed by atoms with E-state index in [0.717, 1.165) is 18.5 Å². The molecule has 0 radical (unpaired) electrons. The summed E-state index contributed by atoms with van der Waals surface area (Å²) in [4.78, 5) is 14.3. The van der Waals surface area contributed by atoms with Gasteiger partial charge < -0.3 is 14.8 Å². The molecule has 1 aliphatic heterocycles. The number of benzene rings is 1. The summed E-state index contributed by atoms with van der Waals surface area (Å²) in [6.45, 7) is 2.69. The van der Waals surface area contributed by atoms with E-state index in [2.05, 4.69) is 10.2 Å². The lowest BCUT2D eigenvalue weighted by Gasteiger charge is -2.23. The molecule has 1 aromatic rings. The Bertz CT molecular complexity index is 512. The van der Waals surface area contributed by atoms with Gasteiger partial charge in [0.15, 0.2) is 0 Å². The summed E-state index contributed by atoms with van der Waals surface area (Å²) in [5, 5.41) is 3.60. The SMILES string of the molecule is COC[C@@H]1C[C@@H](OC)CN1CCC(=O)NCc1ccccc1Cl. The molecule has 1 amide bonds. The van der Waals surface area contributed by atoms with Gasteiger partial charge in [-0.2, -0.15) is 0 Å². The predicted molar refractivity (Wildman–Crippen MR) is 90.6 cm³/mol. The zero-order valence-corrected chi connectivity index (χ0v) is 14.5. The van der Waals surface area contributed by atoms with E-state index < -0.39 is 0 Å². The topological polar surface area (TPSA) is 50.8 Å². The van der Waals surface area contributed by atoms with E-state index >= 15 is 0 Å². The van der Waals surface area contributed by atoms with Gasteiger partial charge in [0.25, 0.3) is 0 Å². The molecule has 0 bridgehead atoms. The second kappa shape index (κ2) is 9.23. The fourth-order valence-electron chi connectivity index (χ4n) is 2.92. The van der Waals surface area contributed by atoms with Crippen LogP contribution in [0.2, 0.25) is 5.02 Å². The standard InChI is InChI=1S/C17H25ClN2O3/c1-22-12-14-9-15(23-2)11-20(14)8-7-17(21)19-10-13-5-3-4-6-16(13)18/h3-6,14-15H,7-12H2,1-2H3,(H,19,21)/t14-,15+/m0/s1. The van der Waals surface area contributed by atoms with E-state index in [1.54, 1.807) is 14.2 Å². The van der Waals surface area contributed by atoms with Gasteiger partial charge >= 0.3 is 0 Å². The largest absolute Gasteiger partial charge is 0.383 e. The number of likely N-dealkylation sites (tertiary alicyclic amines) is 1. The third-order valence-corrected chi connectivity index (χ3v) is 4.61. The van der Waals surface area contributed by atoms with Gasteiger partial charge in [-0.15, -0.1) is 0 Å². The Labute approximate surface area is 142 Å². The molecule has 6 heteroatoms. The van der Waals surface area contributed by atoms with Crippen LogP contribution < -0.4 is 5.32 Å². The van der Waals surface area contributed by atoms with Crippen molar-refractivity contribution in [2.24, 2.45) is 0 Å². The van der Waals surface area contributed by atoms with E-state index in [1.807, 2.05) is 24.3 Å². The van der Waals surface area contributed by atoms with Crippen LogP contribution in [0.5, 0.6) is 0 Å². The molecule has 1 aliphatic rings. The van der Waals surface area contributed by atoms with Crippen LogP contribution in [0, 0.1) is 0 Å². The van der Waals surface area contributed by atoms with Crippen molar-refractivity contribution < 1.29 is 14.3 Å². The number of hydrogen-bond donors (Lipinski definition) is 1. The van der Waals surface area contributed by atoms with E-state index in [0.29, 0.717) is 37.2 Å². The minimum absolute atomic E-state index is 0.0296. The highest BCUT2D eigenvalue weighted by atomic mass is 35.5. The molecule has 1 fully saturated rings. The first-order valence-corrected chi connectivity index (χ1v) is 8.27. The minimum atomic E-state index is 0.0296. The molecule has 5 nitrogen and oxygen atoms in total. The van der Waals surface area contributed by atoms with Crippen LogP contribution in [0.25, 0.3) is 0 Å². The summed E-state index contributed by atoms with van der Waals surface area (Å²) in [6.07, 6.45) is 1.63. The normalized spacial score (nSPS) is 21.5. The smallest absolute Gasteiger partial charge is 0.221 e. The highest BCUT2D eigenvalue weighted by Gasteiger charge is 2.31. The third-order valence-electron chi connectivity index (χ3n) is 4.24. The van der Waals surface area contributed by atoms with Gasteiger partial charge in [0.05, 0.1) is 12.7 Å². The Morgan fingerprint density at radius 1 is 1.39 bits per heavy atom.